The zero-order valence-corrected chi connectivity index (χ0v) is 37.7. The third-order valence-corrected chi connectivity index (χ3v) is 12.7. The average molecular weight is 903 g/mol. The van der Waals surface area contributed by atoms with E-state index in [0.29, 0.717) is 48.8 Å². The normalized spacial score (nSPS) is 22.3. The van der Waals surface area contributed by atoms with Gasteiger partial charge in [0.15, 0.2) is 0 Å². The number of aliphatic hydroxyl groups is 2. The van der Waals surface area contributed by atoms with Gasteiger partial charge in [-0.15, -0.1) is 6.58 Å². The first kappa shape index (κ1) is 48.2. The molecule has 66 heavy (non-hydrogen) atoms. The number of hydrogen-bond donors (Lipinski definition) is 2. The molecule has 1 heterocycles. The van der Waals surface area contributed by atoms with Gasteiger partial charge in [-0.3, -0.25) is 4.90 Å². The first-order valence-corrected chi connectivity index (χ1v) is 23.2. The Bertz CT molecular complexity index is 2240. The number of carbonyl (C=O) groups excluding carboxylic acids is 1. The zero-order valence-electron chi connectivity index (χ0n) is 37.7. The van der Waals surface area contributed by atoms with E-state index in [9.17, 15) is 19.4 Å². The van der Waals surface area contributed by atoms with Crippen molar-refractivity contribution in [3.63, 3.8) is 0 Å². The summed E-state index contributed by atoms with van der Waals surface area (Å²) in [5.41, 5.74) is 5.07. The molecule has 7 rings (SSSR count). The number of rotatable bonds is 25. The van der Waals surface area contributed by atoms with E-state index in [1.807, 2.05) is 78.9 Å². The molecule has 2 N–H and O–H groups in total. The summed E-state index contributed by atoms with van der Waals surface area (Å²) in [5, 5.41) is 24.9. The minimum absolute atomic E-state index is 0.0116. The highest BCUT2D eigenvalue weighted by Crippen LogP contribution is 2.62. The summed E-state index contributed by atoms with van der Waals surface area (Å²) >= 11 is 0. The van der Waals surface area contributed by atoms with E-state index < -0.39 is 29.7 Å². The van der Waals surface area contributed by atoms with Crippen LogP contribution in [0.25, 0.3) is 0 Å². The van der Waals surface area contributed by atoms with Gasteiger partial charge in [-0.1, -0.05) is 116 Å². The number of benzene rings is 4. The van der Waals surface area contributed by atoms with Crippen LogP contribution >= 0.6 is 0 Å². The second kappa shape index (κ2) is 24.1. The molecule has 350 valence electrons. The molecule has 0 aromatic heterocycles. The Labute approximate surface area is 388 Å². The number of amides is 1. The third kappa shape index (κ3) is 11.8. The van der Waals surface area contributed by atoms with Gasteiger partial charge in [-0.25, -0.2) is 9.18 Å². The molecule has 3 aliphatic rings. The van der Waals surface area contributed by atoms with Crippen molar-refractivity contribution in [2.75, 3.05) is 39.6 Å². The lowest BCUT2D eigenvalue weighted by molar-refractivity contribution is -0.256. The largest absolute Gasteiger partial charge is 0.490 e. The molecular formula is C54H63FN2O9. The monoisotopic (exact) mass is 902 g/mol. The van der Waals surface area contributed by atoms with Crippen molar-refractivity contribution in [1.29, 1.82) is 0 Å². The standard InChI is InChI=1S/C54H63FN2O9/c1-3-29-62-44-25-26-49-47(34-44)51-45(20-12-14-28-59)42(19-11-13-27-58)33-46-48(56-65-38-41-17-9-6-10-18-41)35-50(54(66-49,52(46)51)64-30-4-2)57(36-39-21-23-43(55)24-22-39)53(60)63-32-31-61-37-40-15-7-5-8-16-40/h3-10,15-18,21-26,33-34,42,45,50-52,58-59H,1-2,11-14,19-20,27-32,35-38H2/t42-,45+,50-,51+,52+,54+/m0/s1. The van der Waals surface area contributed by atoms with Crippen LogP contribution in [0, 0.1) is 23.6 Å². The number of hydrogen-bond acceptors (Lipinski definition) is 10. The number of allylic oxidation sites excluding steroid dienone is 1. The van der Waals surface area contributed by atoms with E-state index in [0.717, 1.165) is 47.9 Å². The van der Waals surface area contributed by atoms with Gasteiger partial charge in [0.25, 0.3) is 0 Å². The zero-order chi connectivity index (χ0) is 46.1. The van der Waals surface area contributed by atoms with E-state index in [-0.39, 0.29) is 70.4 Å². The molecule has 11 nitrogen and oxygen atoms in total. The van der Waals surface area contributed by atoms with Crippen LogP contribution in [-0.4, -0.2) is 78.4 Å². The maximum absolute atomic E-state index is 14.9. The Morgan fingerprint density at radius 2 is 1.53 bits per heavy atom. The molecule has 6 atom stereocenters. The van der Waals surface area contributed by atoms with E-state index in [1.54, 1.807) is 29.2 Å². The van der Waals surface area contributed by atoms with Crippen LogP contribution in [-0.2, 0) is 38.8 Å². The van der Waals surface area contributed by atoms with Crippen molar-refractivity contribution < 1.29 is 47.9 Å². The van der Waals surface area contributed by atoms with Crippen LogP contribution in [0.4, 0.5) is 9.18 Å². The number of unbranched alkanes of at least 4 members (excludes halogenated alkanes) is 2. The van der Waals surface area contributed by atoms with Crippen molar-refractivity contribution in [3.05, 3.63) is 168 Å². The van der Waals surface area contributed by atoms with Crippen molar-refractivity contribution in [3.8, 4) is 11.5 Å². The minimum atomic E-state index is -1.53. The molecule has 12 heteroatoms. The molecule has 4 aromatic rings. The summed E-state index contributed by atoms with van der Waals surface area (Å²) in [4.78, 5) is 22.8. The Morgan fingerprint density at radius 3 is 2.23 bits per heavy atom. The Kier molecular flexibility index (Phi) is 17.6. The van der Waals surface area contributed by atoms with Gasteiger partial charge in [-0.05, 0) is 90.1 Å². The molecule has 1 saturated carbocycles. The van der Waals surface area contributed by atoms with Crippen LogP contribution in [0.2, 0.25) is 0 Å². The van der Waals surface area contributed by atoms with E-state index in [2.05, 4.69) is 19.2 Å². The second-order valence-electron chi connectivity index (χ2n) is 17.0. The highest BCUT2D eigenvalue weighted by atomic mass is 19.1. The van der Waals surface area contributed by atoms with Gasteiger partial charge in [-0.2, -0.15) is 0 Å². The van der Waals surface area contributed by atoms with Crippen LogP contribution < -0.4 is 9.47 Å². The number of oxime groups is 1. The molecule has 2 aliphatic carbocycles. The predicted molar refractivity (Wildman–Crippen MR) is 251 cm³/mol. The number of nitrogens with zero attached hydrogens (tertiary/aromatic N) is 2. The first-order valence-electron chi connectivity index (χ1n) is 23.2. The van der Waals surface area contributed by atoms with Crippen LogP contribution in [0.15, 0.2) is 145 Å². The molecule has 0 bridgehead atoms. The van der Waals surface area contributed by atoms with Crippen molar-refractivity contribution >= 4 is 11.8 Å². The summed E-state index contributed by atoms with van der Waals surface area (Å²) in [7, 11) is 0. The minimum Gasteiger partial charge on any atom is -0.490 e. The van der Waals surface area contributed by atoms with Gasteiger partial charge in [0.05, 0.1) is 31.5 Å². The Hall–Kier alpha value is -5.79. The molecule has 0 spiro atoms. The fourth-order valence-corrected chi connectivity index (χ4v) is 9.78. The topological polar surface area (TPSA) is 129 Å². The summed E-state index contributed by atoms with van der Waals surface area (Å²) < 4.78 is 47.0. The molecule has 4 aromatic carbocycles. The molecule has 0 unspecified atom stereocenters. The summed E-state index contributed by atoms with van der Waals surface area (Å²) in [5.74, 6) is -1.46. The quantitative estimate of drug-likeness (QED) is 0.0380. The molecule has 0 saturated heterocycles. The number of ether oxygens (including phenoxy) is 5. The average Bonchev–Trinajstić information content (AvgIpc) is 3.34. The molecular weight excluding hydrogens is 840 g/mol. The molecule has 1 fully saturated rings. The van der Waals surface area contributed by atoms with E-state index in [1.165, 1.54) is 12.1 Å². The predicted octanol–water partition coefficient (Wildman–Crippen LogP) is 10.1. The van der Waals surface area contributed by atoms with Crippen LogP contribution in [0.3, 0.4) is 0 Å². The smallest absolute Gasteiger partial charge is 0.410 e. The van der Waals surface area contributed by atoms with Gasteiger partial charge in [0, 0.05) is 37.7 Å². The third-order valence-electron chi connectivity index (χ3n) is 12.7. The summed E-state index contributed by atoms with van der Waals surface area (Å²) in [6.07, 6.45) is 9.63. The van der Waals surface area contributed by atoms with E-state index >= 15 is 0 Å². The Morgan fingerprint density at radius 1 is 0.833 bits per heavy atom. The lowest BCUT2D eigenvalue weighted by atomic mass is 9.55. The summed E-state index contributed by atoms with van der Waals surface area (Å²) in [6, 6.07) is 30.6. The highest BCUT2D eigenvalue weighted by molar-refractivity contribution is 6.03. The van der Waals surface area contributed by atoms with Crippen LogP contribution in [0.5, 0.6) is 11.5 Å². The van der Waals surface area contributed by atoms with Crippen LogP contribution in [0.1, 0.15) is 73.1 Å². The SMILES string of the molecule is C=CCOc1ccc2c(c1)[C@H]1[C@H](CCCCO)[C@@H](CCCCO)C=C3C(=NOCc4ccccc4)C[C@H](N(Cc4ccc(F)cc4)C(=O)OCCOCc4ccccc4)[C@@](OCC=C)(O2)[C@H]31. The Balaban J connectivity index is 1.38. The fraction of sp³-hybridized carbons (Fsp3) is 0.407. The van der Waals surface area contributed by atoms with Gasteiger partial charge >= 0.3 is 6.09 Å². The van der Waals surface area contributed by atoms with Crippen molar-refractivity contribution in [2.45, 2.75) is 82.5 Å². The van der Waals surface area contributed by atoms with Crippen molar-refractivity contribution in [2.24, 2.45) is 22.9 Å². The first-order chi connectivity index (χ1) is 32.4. The van der Waals surface area contributed by atoms with Gasteiger partial charge < -0.3 is 38.7 Å². The number of halogens is 1. The number of aliphatic hydroxyl groups excluding tert-OH is 2. The lowest BCUT2D eigenvalue weighted by Gasteiger charge is -2.59. The van der Waals surface area contributed by atoms with Gasteiger partial charge in [0.1, 0.15) is 43.2 Å². The molecule has 1 amide bonds. The van der Waals surface area contributed by atoms with E-state index in [4.69, 9.17) is 33.7 Å². The number of carbonyl (C=O) groups is 1. The molecule has 0 radical (unpaired) electrons. The summed E-state index contributed by atoms with van der Waals surface area (Å²) in [6.45, 7) is 9.16. The maximum Gasteiger partial charge on any atom is 0.410 e. The molecule has 1 aliphatic heterocycles. The van der Waals surface area contributed by atoms with Crippen molar-refractivity contribution in [1.82, 2.24) is 4.90 Å². The van der Waals surface area contributed by atoms with Gasteiger partial charge in [0.2, 0.25) is 5.79 Å². The number of fused-ring (bicyclic) bond motifs is 2. The fourth-order valence-electron chi connectivity index (χ4n) is 9.78. The maximum atomic E-state index is 14.9. The lowest BCUT2D eigenvalue weighted by Crippen LogP contribution is -2.70. The highest BCUT2D eigenvalue weighted by Gasteiger charge is 2.65. The second-order valence-corrected chi connectivity index (χ2v) is 17.0.